The van der Waals surface area contributed by atoms with Gasteiger partial charge in [-0.2, -0.15) is 4.37 Å². The maximum Gasteiger partial charge on any atom is 0.349 e. The van der Waals surface area contributed by atoms with Crippen LogP contribution in [0.2, 0.25) is 0 Å². The standard InChI is InChI=1S/C12H11NO3S/c1-15-9-5-3-8(4-6-9)10-7-11(17-13-10)12(14)16-2/h3-7H,1-2H3. The maximum atomic E-state index is 11.3. The SMILES string of the molecule is COC(=O)c1cc(-c2ccc(OC)cc2)ns1. The van der Waals surface area contributed by atoms with E-state index in [1.165, 1.54) is 7.11 Å². The van der Waals surface area contributed by atoms with Gasteiger partial charge in [-0.05, 0) is 41.9 Å². The Balaban J connectivity index is 2.27. The van der Waals surface area contributed by atoms with Crippen molar-refractivity contribution < 1.29 is 14.3 Å². The van der Waals surface area contributed by atoms with Crippen LogP contribution in [0.25, 0.3) is 11.3 Å². The summed E-state index contributed by atoms with van der Waals surface area (Å²) in [6.45, 7) is 0. The smallest absolute Gasteiger partial charge is 0.349 e. The molecule has 2 rings (SSSR count). The molecule has 1 aromatic carbocycles. The molecule has 0 fully saturated rings. The number of carbonyl (C=O) groups excluding carboxylic acids is 1. The average molecular weight is 249 g/mol. The van der Waals surface area contributed by atoms with Crippen molar-refractivity contribution in [3.63, 3.8) is 0 Å². The number of ether oxygens (including phenoxy) is 2. The second-order valence-electron chi connectivity index (χ2n) is 3.30. The molecule has 0 bridgehead atoms. The van der Waals surface area contributed by atoms with E-state index in [1.54, 1.807) is 13.2 Å². The summed E-state index contributed by atoms with van der Waals surface area (Å²) in [4.78, 5) is 11.8. The van der Waals surface area contributed by atoms with Crippen molar-refractivity contribution in [1.29, 1.82) is 0 Å². The molecule has 0 aliphatic rings. The fourth-order valence-electron chi connectivity index (χ4n) is 1.37. The van der Waals surface area contributed by atoms with Crippen molar-refractivity contribution in [2.75, 3.05) is 14.2 Å². The highest BCUT2D eigenvalue weighted by Crippen LogP contribution is 2.24. The van der Waals surface area contributed by atoms with Gasteiger partial charge in [-0.25, -0.2) is 4.79 Å². The number of rotatable bonds is 3. The third-order valence-electron chi connectivity index (χ3n) is 2.28. The number of carbonyl (C=O) groups is 1. The van der Waals surface area contributed by atoms with Crippen LogP contribution in [0.3, 0.4) is 0 Å². The van der Waals surface area contributed by atoms with Crippen molar-refractivity contribution in [2.45, 2.75) is 0 Å². The van der Waals surface area contributed by atoms with Crippen molar-refractivity contribution in [1.82, 2.24) is 4.37 Å². The lowest BCUT2D eigenvalue weighted by atomic mass is 10.1. The van der Waals surface area contributed by atoms with Gasteiger partial charge in [-0.1, -0.05) is 0 Å². The Morgan fingerprint density at radius 1 is 1.24 bits per heavy atom. The summed E-state index contributed by atoms with van der Waals surface area (Å²) in [5, 5.41) is 0. The summed E-state index contributed by atoms with van der Waals surface area (Å²) in [7, 11) is 2.97. The highest BCUT2D eigenvalue weighted by atomic mass is 32.1. The molecule has 5 heteroatoms. The van der Waals surface area contributed by atoms with E-state index in [9.17, 15) is 4.79 Å². The van der Waals surface area contributed by atoms with Gasteiger partial charge in [0, 0.05) is 5.56 Å². The number of nitrogens with zero attached hydrogens (tertiary/aromatic N) is 1. The fraction of sp³-hybridized carbons (Fsp3) is 0.167. The zero-order chi connectivity index (χ0) is 12.3. The van der Waals surface area contributed by atoms with Crippen LogP contribution in [0, 0.1) is 0 Å². The van der Waals surface area contributed by atoms with Crippen LogP contribution < -0.4 is 4.74 Å². The normalized spacial score (nSPS) is 10.0. The first-order valence-corrected chi connectivity index (χ1v) is 5.71. The molecule has 1 aromatic heterocycles. The first-order valence-electron chi connectivity index (χ1n) is 4.94. The van der Waals surface area contributed by atoms with Crippen LogP contribution >= 0.6 is 11.5 Å². The molecule has 0 unspecified atom stereocenters. The van der Waals surface area contributed by atoms with Crippen molar-refractivity contribution in [3.05, 3.63) is 35.2 Å². The van der Waals surface area contributed by atoms with E-state index in [2.05, 4.69) is 9.11 Å². The van der Waals surface area contributed by atoms with Crippen LogP contribution in [0.5, 0.6) is 5.75 Å². The van der Waals surface area contributed by atoms with Crippen LogP contribution in [0.4, 0.5) is 0 Å². The Morgan fingerprint density at radius 2 is 1.94 bits per heavy atom. The minimum absolute atomic E-state index is 0.359. The lowest BCUT2D eigenvalue weighted by Gasteiger charge is -2.00. The number of hydrogen-bond donors (Lipinski definition) is 0. The molecular formula is C12H11NO3S. The third kappa shape index (κ3) is 2.45. The average Bonchev–Trinajstić information content (AvgIpc) is 2.87. The zero-order valence-corrected chi connectivity index (χ0v) is 10.3. The summed E-state index contributed by atoms with van der Waals surface area (Å²) >= 11 is 1.13. The lowest BCUT2D eigenvalue weighted by molar-refractivity contribution is 0.0606. The van der Waals surface area contributed by atoms with Crippen LogP contribution in [0.15, 0.2) is 30.3 Å². The number of aromatic nitrogens is 1. The molecule has 0 aliphatic heterocycles. The molecule has 0 saturated heterocycles. The Hall–Kier alpha value is -1.88. The van der Waals surface area contributed by atoms with E-state index >= 15 is 0 Å². The summed E-state index contributed by atoms with van der Waals surface area (Å²) in [6.07, 6.45) is 0. The van der Waals surface area contributed by atoms with Gasteiger partial charge in [0.2, 0.25) is 0 Å². The first-order chi connectivity index (χ1) is 8.24. The van der Waals surface area contributed by atoms with E-state index in [1.807, 2.05) is 24.3 Å². The van der Waals surface area contributed by atoms with E-state index in [0.29, 0.717) is 4.88 Å². The van der Waals surface area contributed by atoms with Gasteiger partial charge >= 0.3 is 5.97 Å². The van der Waals surface area contributed by atoms with Crippen molar-refractivity contribution in [3.8, 4) is 17.0 Å². The van der Waals surface area contributed by atoms with Gasteiger partial charge in [0.25, 0.3) is 0 Å². The van der Waals surface area contributed by atoms with Gasteiger partial charge in [0.1, 0.15) is 10.6 Å². The topological polar surface area (TPSA) is 48.4 Å². The molecule has 0 radical (unpaired) electrons. The summed E-state index contributed by atoms with van der Waals surface area (Å²) in [5.74, 6) is 0.430. The zero-order valence-electron chi connectivity index (χ0n) is 9.47. The van der Waals surface area contributed by atoms with E-state index < -0.39 is 0 Å². The van der Waals surface area contributed by atoms with E-state index in [-0.39, 0.29) is 5.97 Å². The Bertz CT molecular complexity index is 519. The predicted molar refractivity (Wildman–Crippen MR) is 65.4 cm³/mol. The quantitative estimate of drug-likeness (QED) is 0.784. The summed E-state index contributed by atoms with van der Waals surface area (Å²) < 4.78 is 13.9. The van der Waals surface area contributed by atoms with Gasteiger partial charge in [0.15, 0.2) is 0 Å². The largest absolute Gasteiger partial charge is 0.497 e. The molecule has 4 nitrogen and oxygen atoms in total. The van der Waals surface area contributed by atoms with Crippen molar-refractivity contribution in [2.24, 2.45) is 0 Å². The molecule has 0 saturated carbocycles. The Morgan fingerprint density at radius 3 is 2.53 bits per heavy atom. The van der Waals surface area contributed by atoms with Crippen LogP contribution in [-0.2, 0) is 4.74 Å². The van der Waals surface area contributed by atoms with Gasteiger partial charge in [-0.15, -0.1) is 0 Å². The lowest BCUT2D eigenvalue weighted by Crippen LogP contribution is -1.96. The van der Waals surface area contributed by atoms with Crippen LogP contribution in [-0.4, -0.2) is 24.6 Å². The molecule has 0 atom stereocenters. The number of hydrogen-bond acceptors (Lipinski definition) is 5. The van der Waals surface area contributed by atoms with Gasteiger partial charge < -0.3 is 9.47 Å². The summed E-state index contributed by atoms with van der Waals surface area (Å²) in [5.41, 5.74) is 1.70. The third-order valence-corrected chi connectivity index (χ3v) is 3.05. The Kier molecular flexibility index (Phi) is 3.39. The molecule has 88 valence electrons. The minimum Gasteiger partial charge on any atom is -0.497 e. The molecule has 17 heavy (non-hydrogen) atoms. The molecule has 1 heterocycles. The first kappa shape index (κ1) is 11.6. The molecule has 0 N–H and O–H groups in total. The number of esters is 1. The molecule has 0 aliphatic carbocycles. The van der Waals surface area contributed by atoms with E-state index in [0.717, 1.165) is 28.5 Å². The monoisotopic (exact) mass is 249 g/mol. The Labute approximate surface area is 103 Å². The molecule has 0 amide bonds. The predicted octanol–water partition coefficient (Wildman–Crippen LogP) is 2.61. The highest BCUT2D eigenvalue weighted by molar-refractivity contribution is 7.08. The molecule has 0 spiro atoms. The van der Waals surface area contributed by atoms with Crippen molar-refractivity contribution >= 4 is 17.5 Å². The van der Waals surface area contributed by atoms with Gasteiger partial charge in [-0.3, -0.25) is 0 Å². The minimum atomic E-state index is -0.359. The molecular weight excluding hydrogens is 238 g/mol. The highest BCUT2D eigenvalue weighted by Gasteiger charge is 2.11. The maximum absolute atomic E-state index is 11.3. The van der Waals surface area contributed by atoms with E-state index in [4.69, 9.17) is 4.74 Å². The number of benzene rings is 1. The van der Waals surface area contributed by atoms with Gasteiger partial charge in [0.05, 0.1) is 19.9 Å². The number of methoxy groups -OCH3 is 2. The van der Waals surface area contributed by atoms with Crippen LogP contribution in [0.1, 0.15) is 9.67 Å². The fourth-order valence-corrected chi connectivity index (χ4v) is 2.05. The second-order valence-corrected chi connectivity index (χ2v) is 4.10. The second kappa shape index (κ2) is 4.97. The molecule has 2 aromatic rings. The summed E-state index contributed by atoms with van der Waals surface area (Å²) in [6, 6.07) is 9.22.